The zero-order chi connectivity index (χ0) is 27.2. The van der Waals surface area contributed by atoms with Crippen LogP contribution in [0.2, 0.25) is 0 Å². The first-order chi connectivity index (χ1) is 17.8. The highest BCUT2D eigenvalue weighted by molar-refractivity contribution is 7.89. The normalized spacial score (nSPS) is 12.4. The topological polar surface area (TPSA) is 102 Å². The lowest BCUT2D eigenvalue weighted by atomic mass is 9.99. The van der Waals surface area contributed by atoms with Gasteiger partial charge in [0.15, 0.2) is 15.7 Å². The number of aliphatic hydroxyl groups is 1. The fourth-order valence-corrected chi connectivity index (χ4v) is 5.14. The van der Waals surface area contributed by atoms with Crippen LogP contribution in [0.4, 0.5) is 8.78 Å². The maximum absolute atomic E-state index is 14.6. The summed E-state index contributed by atoms with van der Waals surface area (Å²) in [6.45, 7) is 3.77. The van der Waals surface area contributed by atoms with Crippen molar-refractivity contribution in [3.63, 3.8) is 0 Å². The monoisotopic (exact) mass is 537 g/mol. The van der Waals surface area contributed by atoms with E-state index in [0.29, 0.717) is 28.8 Å². The van der Waals surface area contributed by atoms with Crippen LogP contribution >= 0.6 is 0 Å². The Hall–Kier alpha value is -3.96. The highest BCUT2D eigenvalue weighted by Gasteiger charge is 2.17. The van der Waals surface area contributed by atoms with Gasteiger partial charge < -0.3 is 5.11 Å². The Bertz CT molecular complexity index is 1770. The van der Waals surface area contributed by atoms with Crippen LogP contribution in [0.1, 0.15) is 19.4 Å². The summed E-state index contributed by atoms with van der Waals surface area (Å²) < 4.78 is 55.5. The maximum atomic E-state index is 14.6. The summed E-state index contributed by atoms with van der Waals surface area (Å²) in [5.74, 6) is -1.90. The van der Waals surface area contributed by atoms with Crippen LogP contribution in [-0.4, -0.2) is 49.8 Å². The van der Waals surface area contributed by atoms with Crippen LogP contribution in [0.3, 0.4) is 0 Å². The van der Waals surface area contributed by atoms with Crippen molar-refractivity contribution in [2.24, 2.45) is 0 Å². The Balaban J connectivity index is 1.57. The van der Waals surface area contributed by atoms with Crippen molar-refractivity contribution >= 4 is 15.4 Å². The number of sulfone groups is 1. The number of halogens is 2. The lowest BCUT2D eigenvalue weighted by Gasteiger charge is -2.16. The number of hydrogen-bond acceptors (Lipinski definition) is 6. The molecule has 0 radical (unpaired) electrons. The average molecular weight is 538 g/mol. The standard InChI is InChI=1S/C27H25F2N5O3S/c1-27(2,35)16-33-13-21(10-31-33)18-4-5-25-23(12-32-34(25)14-18)19-6-17(15-38(3,36)37)7-20(8-19)26-24(29)9-22(28)11-30-26/h4-14,35H,15-16H2,1-3H3. The van der Waals surface area contributed by atoms with Gasteiger partial charge in [0.2, 0.25) is 0 Å². The van der Waals surface area contributed by atoms with Crippen LogP contribution in [-0.2, 0) is 22.1 Å². The van der Waals surface area contributed by atoms with Gasteiger partial charge in [-0.05, 0) is 49.2 Å². The van der Waals surface area contributed by atoms with E-state index >= 15 is 0 Å². The molecule has 4 heterocycles. The van der Waals surface area contributed by atoms with Gasteiger partial charge in [0, 0.05) is 47.0 Å². The Morgan fingerprint density at radius 3 is 2.39 bits per heavy atom. The number of hydrogen-bond donors (Lipinski definition) is 1. The Morgan fingerprint density at radius 2 is 1.68 bits per heavy atom. The van der Waals surface area contributed by atoms with E-state index in [-0.39, 0.29) is 11.4 Å². The third-order valence-electron chi connectivity index (χ3n) is 5.85. The highest BCUT2D eigenvalue weighted by atomic mass is 32.2. The van der Waals surface area contributed by atoms with Gasteiger partial charge in [-0.1, -0.05) is 6.07 Å². The molecule has 0 saturated carbocycles. The third kappa shape index (κ3) is 5.63. The molecule has 5 aromatic rings. The van der Waals surface area contributed by atoms with Crippen molar-refractivity contribution in [3.8, 4) is 33.5 Å². The molecule has 8 nitrogen and oxygen atoms in total. The quantitative estimate of drug-likeness (QED) is 0.328. The highest BCUT2D eigenvalue weighted by Crippen LogP contribution is 2.33. The van der Waals surface area contributed by atoms with E-state index in [4.69, 9.17) is 0 Å². The Labute approximate surface area is 218 Å². The van der Waals surface area contributed by atoms with Crippen LogP contribution in [0.15, 0.2) is 67.4 Å². The summed E-state index contributed by atoms with van der Waals surface area (Å²) in [6, 6.07) is 9.48. The number of rotatable bonds is 7. The van der Waals surface area contributed by atoms with E-state index in [2.05, 4.69) is 15.2 Å². The molecule has 0 aliphatic carbocycles. The van der Waals surface area contributed by atoms with Gasteiger partial charge in [-0.15, -0.1) is 0 Å². The summed E-state index contributed by atoms with van der Waals surface area (Å²) in [5.41, 5.74) is 3.57. The largest absolute Gasteiger partial charge is 0.389 e. The molecule has 5 rings (SSSR count). The van der Waals surface area contributed by atoms with Crippen LogP contribution in [0.5, 0.6) is 0 Å². The Kier molecular flexibility index (Phi) is 6.36. The molecule has 1 aromatic carbocycles. The summed E-state index contributed by atoms with van der Waals surface area (Å²) in [7, 11) is -3.39. The number of fused-ring (bicyclic) bond motifs is 1. The minimum absolute atomic E-state index is 0.0789. The minimum Gasteiger partial charge on any atom is -0.389 e. The molecule has 196 valence electrons. The van der Waals surface area contributed by atoms with Crippen LogP contribution in [0.25, 0.3) is 39.0 Å². The van der Waals surface area contributed by atoms with Crippen molar-refractivity contribution in [2.45, 2.75) is 31.7 Å². The summed E-state index contributed by atoms with van der Waals surface area (Å²) in [6.07, 6.45) is 9.08. The predicted octanol–water partition coefficient (Wildman–Crippen LogP) is 4.52. The summed E-state index contributed by atoms with van der Waals surface area (Å²) in [4.78, 5) is 3.90. The van der Waals surface area contributed by atoms with E-state index in [1.54, 1.807) is 53.6 Å². The molecule has 0 spiro atoms. The molecule has 0 atom stereocenters. The molecule has 11 heteroatoms. The molecule has 0 bridgehead atoms. The molecule has 0 aliphatic rings. The first-order valence-corrected chi connectivity index (χ1v) is 13.8. The van der Waals surface area contributed by atoms with Gasteiger partial charge in [-0.2, -0.15) is 10.2 Å². The molecule has 0 saturated heterocycles. The van der Waals surface area contributed by atoms with E-state index in [0.717, 1.165) is 35.2 Å². The molecule has 0 amide bonds. The molecule has 0 unspecified atom stereocenters. The second kappa shape index (κ2) is 9.41. The van der Waals surface area contributed by atoms with Gasteiger partial charge in [0.05, 0.1) is 42.0 Å². The molecular formula is C27H25F2N5O3S. The third-order valence-corrected chi connectivity index (χ3v) is 6.70. The van der Waals surface area contributed by atoms with E-state index in [9.17, 15) is 22.3 Å². The second-order valence-corrected chi connectivity index (χ2v) is 12.2. The van der Waals surface area contributed by atoms with Gasteiger partial charge in [0.25, 0.3) is 0 Å². The number of aromatic nitrogens is 5. The molecule has 38 heavy (non-hydrogen) atoms. The van der Waals surface area contributed by atoms with Crippen molar-refractivity contribution in [1.29, 1.82) is 0 Å². The number of pyridine rings is 2. The second-order valence-electron chi connectivity index (χ2n) is 10.0. The SMILES string of the molecule is CC(C)(O)Cn1cc(-c2ccc3c(-c4cc(CS(C)(=O)=O)cc(-c5ncc(F)cc5F)c4)cnn3c2)cn1. The number of benzene rings is 1. The van der Waals surface area contributed by atoms with Crippen molar-refractivity contribution in [3.05, 3.63) is 84.6 Å². The average Bonchev–Trinajstić information content (AvgIpc) is 3.43. The predicted molar refractivity (Wildman–Crippen MR) is 140 cm³/mol. The zero-order valence-corrected chi connectivity index (χ0v) is 21.7. The van der Waals surface area contributed by atoms with Gasteiger partial charge >= 0.3 is 0 Å². The minimum atomic E-state index is -3.39. The lowest BCUT2D eigenvalue weighted by Crippen LogP contribution is -2.26. The summed E-state index contributed by atoms with van der Waals surface area (Å²) in [5, 5.41) is 18.8. The van der Waals surface area contributed by atoms with Crippen molar-refractivity contribution < 1.29 is 22.3 Å². The first-order valence-electron chi connectivity index (χ1n) is 11.7. The van der Waals surface area contributed by atoms with E-state index in [1.807, 2.05) is 24.5 Å². The van der Waals surface area contributed by atoms with Crippen LogP contribution < -0.4 is 0 Å². The van der Waals surface area contributed by atoms with Crippen molar-refractivity contribution in [2.75, 3.05) is 6.26 Å². The molecule has 4 aromatic heterocycles. The molecular weight excluding hydrogens is 512 g/mol. The van der Waals surface area contributed by atoms with E-state index < -0.39 is 27.1 Å². The van der Waals surface area contributed by atoms with Crippen molar-refractivity contribution in [1.82, 2.24) is 24.4 Å². The zero-order valence-electron chi connectivity index (χ0n) is 20.9. The van der Waals surface area contributed by atoms with Gasteiger partial charge in [-0.3, -0.25) is 9.67 Å². The number of nitrogens with zero attached hydrogens (tertiary/aromatic N) is 5. The maximum Gasteiger partial charge on any atom is 0.152 e. The first kappa shape index (κ1) is 25.7. The van der Waals surface area contributed by atoms with Gasteiger partial charge in [0.1, 0.15) is 11.5 Å². The lowest BCUT2D eigenvalue weighted by molar-refractivity contribution is 0.0577. The molecule has 1 N–H and O–H groups in total. The van der Waals surface area contributed by atoms with Gasteiger partial charge in [-0.25, -0.2) is 21.7 Å². The fraction of sp³-hybridized carbons (Fsp3) is 0.222. The molecule has 0 fully saturated rings. The molecule has 0 aliphatic heterocycles. The Morgan fingerprint density at radius 1 is 0.921 bits per heavy atom. The smallest absolute Gasteiger partial charge is 0.152 e. The fourth-order valence-electron chi connectivity index (χ4n) is 4.37. The summed E-state index contributed by atoms with van der Waals surface area (Å²) >= 11 is 0. The van der Waals surface area contributed by atoms with Crippen LogP contribution in [0, 0.1) is 11.6 Å². The van der Waals surface area contributed by atoms with E-state index in [1.165, 1.54) is 0 Å².